The lowest BCUT2D eigenvalue weighted by Gasteiger charge is -2.24. The Labute approximate surface area is 180 Å². The van der Waals surface area contributed by atoms with Gasteiger partial charge in [-0.2, -0.15) is 11.8 Å². The molecule has 6 atom stereocenters. The van der Waals surface area contributed by atoms with Crippen molar-refractivity contribution in [2.24, 2.45) is 11.8 Å². The lowest BCUT2D eigenvalue weighted by Crippen LogP contribution is -2.31. The monoisotopic (exact) mass is 448 g/mol. The van der Waals surface area contributed by atoms with Gasteiger partial charge in [-0.15, -0.1) is 0 Å². The highest BCUT2D eigenvalue weighted by Crippen LogP contribution is 2.51. The summed E-state index contributed by atoms with van der Waals surface area (Å²) in [5.41, 5.74) is 0.843. The molecule has 2 aliphatic heterocycles. The van der Waals surface area contributed by atoms with Crippen molar-refractivity contribution < 1.29 is 34.3 Å². The lowest BCUT2D eigenvalue weighted by molar-refractivity contribution is -0.110. The van der Waals surface area contributed by atoms with Crippen LogP contribution in [0, 0.1) is 11.8 Å². The van der Waals surface area contributed by atoms with Crippen molar-refractivity contribution in [2.75, 3.05) is 37.1 Å². The van der Waals surface area contributed by atoms with E-state index in [0.29, 0.717) is 11.5 Å². The van der Waals surface area contributed by atoms with Gasteiger partial charge < -0.3 is 29.5 Å². The number of aliphatic hydroxyl groups is 3. The van der Waals surface area contributed by atoms with Crippen molar-refractivity contribution >= 4 is 28.8 Å². The Balaban J connectivity index is 1.65. The highest BCUT2D eigenvalue weighted by atomic mass is 32.2. The molecular formula is C20H32O7S2. The number of aliphatic hydroxyl groups excluding tert-OH is 3. The van der Waals surface area contributed by atoms with Gasteiger partial charge >= 0.3 is 5.30 Å². The van der Waals surface area contributed by atoms with Crippen LogP contribution in [-0.2, 0) is 14.2 Å². The van der Waals surface area contributed by atoms with Crippen LogP contribution in [0.4, 0.5) is 4.79 Å². The summed E-state index contributed by atoms with van der Waals surface area (Å²) >= 11 is 2.61. The van der Waals surface area contributed by atoms with Crippen molar-refractivity contribution in [3.05, 3.63) is 11.6 Å². The number of carbonyl (C=O) groups excluding carboxylic acids is 1. The number of rotatable bonds is 8. The first-order valence-electron chi connectivity index (χ1n) is 10.3. The molecule has 0 amide bonds. The summed E-state index contributed by atoms with van der Waals surface area (Å²) in [7, 11) is 0. The maximum absolute atomic E-state index is 11.8. The molecule has 0 radical (unpaired) electrons. The van der Waals surface area contributed by atoms with Crippen molar-refractivity contribution in [2.45, 2.75) is 56.7 Å². The van der Waals surface area contributed by atoms with Crippen LogP contribution in [0.15, 0.2) is 11.6 Å². The second kappa shape index (κ2) is 10.8. The Morgan fingerprint density at radius 3 is 2.90 bits per heavy atom. The molecule has 0 bridgehead atoms. The molecule has 29 heavy (non-hydrogen) atoms. The van der Waals surface area contributed by atoms with Gasteiger partial charge in [-0.1, -0.05) is 6.08 Å². The third kappa shape index (κ3) is 6.12. The third-order valence-corrected chi connectivity index (χ3v) is 7.81. The number of epoxide rings is 1. The van der Waals surface area contributed by atoms with Crippen LogP contribution < -0.4 is 0 Å². The van der Waals surface area contributed by atoms with Gasteiger partial charge in [-0.25, -0.2) is 4.79 Å². The molecule has 2 unspecified atom stereocenters. The minimum Gasteiger partial charge on any atom is -0.453 e. The Morgan fingerprint density at radius 2 is 2.14 bits per heavy atom. The Kier molecular flexibility index (Phi) is 8.74. The van der Waals surface area contributed by atoms with Crippen LogP contribution in [0.1, 0.15) is 32.6 Å². The number of thioether (sulfide) groups is 2. The zero-order chi connectivity index (χ0) is 20.9. The predicted molar refractivity (Wildman–Crippen MR) is 113 cm³/mol. The fourth-order valence-corrected chi connectivity index (χ4v) is 5.70. The van der Waals surface area contributed by atoms with E-state index in [9.17, 15) is 9.90 Å². The highest BCUT2D eigenvalue weighted by molar-refractivity contribution is 8.13. The van der Waals surface area contributed by atoms with E-state index in [2.05, 4.69) is 13.0 Å². The van der Waals surface area contributed by atoms with Gasteiger partial charge in [-0.05, 0) is 55.9 Å². The molecule has 1 aliphatic carbocycles. The number of ether oxygens (including phenoxy) is 3. The third-order valence-electron chi connectivity index (χ3n) is 5.98. The van der Waals surface area contributed by atoms with Crippen molar-refractivity contribution in [3.8, 4) is 0 Å². The van der Waals surface area contributed by atoms with Gasteiger partial charge in [-0.3, -0.25) is 0 Å². The largest absolute Gasteiger partial charge is 0.453 e. The first-order valence-corrected chi connectivity index (χ1v) is 12.4. The van der Waals surface area contributed by atoms with Gasteiger partial charge in [0.1, 0.15) is 12.7 Å². The minimum absolute atomic E-state index is 0.00617. The van der Waals surface area contributed by atoms with E-state index in [-0.39, 0.29) is 54.8 Å². The van der Waals surface area contributed by atoms with Crippen molar-refractivity contribution in [1.29, 1.82) is 0 Å². The molecule has 0 aromatic rings. The van der Waals surface area contributed by atoms with E-state index in [1.165, 1.54) is 0 Å². The molecule has 2 fully saturated rings. The van der Waals surface area contributed by atoms with Gasteiger partial charge in [0, 0.05) is 23.2 Å². The zero-order valence-corrected chi connectivity index (χ0v) is 18.5. The maximum Gasteiger partial charge on any atom is 0.367 e. The number of hydrogen-bond donors (Lipinski definition) is 3. The van der Waals surface area contributed by atoms with E-state index in [0.717, 1.165) is 48.8 Å². The Hall–Kier alpha value is -0.290. The first kappa shape index (κ1) is 23.4. The molecule has 0 aromatic heterocycles. The smallest absolute Gasteiger partial charge is 0.367 e. The summed E-state index contributed by atoms with van der Waals surface area (Å²) in [4.78, 5) is 11.8. The van der Waals surface area contributed by atoms with Gasteiger partial charge in [0.15, 0.2) is 6.29 Å². The Morgan fingerprint density at radius 1 is 1.34 bits per heavy atom. The van der Waals surface area contributed by atoms with Gasteiger partial charge in [0.25, 0.3) is 0 Å². The van der Waals surface area contributed by atoms with Gasteiger partial charge in [0.05, 0.1) is 24.9 Å². The van der Waals surface area contributed by atoms with E-state index in [4.69, 9.17) is 24.4 Å². The van der Waals surface area contributed by atoms with E-state index < -0.39 is 6.29 Å². The summed E-state index contributed by atoms with van der Waals surface area (Å²) in [6, 6.07) is 0. The SMILES string of the molecule is C[C@@]12CC/C=C(/COC(=O)SCCO)CC[C@H]3C(CSCCO)C(O)O[C@@H]3[C@@H]1O2. The molecule has 0 spiro atoms. The second-order valence-corrected chi connectivity index (χ2v) is 10.2. The molecule has 2 heterocycles. The summed E-state index contributed by atoms with van der Waals surface area (Å²) in [5, 5.41) is 28.0. The van der Waals surface area contributed by atoms with Gasteiger partial charge in [0.2, 0.25) is 0 Å². The second-order valence-electron chi connectivity index (χ2n) is 8.02. The zero-order valence-electron chi connectivity index (χ0n) is 16.8. The molecule has 3 rings (SSSR count). The molecule has 3 N–H and O–H groups in total. The molecule has 9 heteroatoms. The average Bonchev–Trinajstić information content (AvgIpc) is 3.27. The maximum atomic E-state index is 11.8. The van der Waals surface area contributed by atoms with E-state index in [1.54, 1.807) is 11.8 Å². The fourth-order valence-electron chi connectivity index (χ4n) is 4.32. The first-order chi connectivity index (χ1) is 14.0. The summed E-state index contributed by atoms with van der Waals surface area (Å²) in [6.45, 7) is 2.42. The number of allylic oxidation sites excluding steroid dienone is 1. The molecule has 166 valence electrons. The Bertz CT molecular complexity index is 587. The standard InChI is InChI=1S/C20H32O7S2/c1-20-6-2-3-13(11-25-19(24)29-10-8-22)4-5-14-15(12-28-9-7-21)18(23)26-16(14)17(20)27-20/h3,14-18,21-23H,2,4-12H2,1H3/b13-3+/t14-,15?,16-,17-,18?,20+/m0/s1. The molecule has 3 aliphatic rings. The van der Waals surface area contributed by atoms with Crippen LogP contribution in [0.25, 0.3) is 0 Å². The molecule has 0 saturated carbocycles. The summed E-state index contributed by atoms with van der Waals surface area (Å²) in [5.74, 6) is 1.86. The molecule has 2 saturated heterocycles. The van der Waals surface area contributed by atoms with Crippen LogP contribution in [0.2, 0.25) is 0 Å². The van der Waals surface area contributed by atoms with Crippen LogP contribution in [0.3, 0.4) is 0 Å². The lowest BCUT2D eigenvalue weighted by atomic mass is 9.81. The average molecular weight is 449 g/mol. The van der Waals surface area contributed by atoms with Crippen LogP contribution in [-0.4, -0.2) is 81.8 Å². The van der Waals surface area contributed by atoms with Crippen molar-refractivity contribution in [3.63, 3.8) is 0 Å². The summed E-state index contributed by atoms with van der Waals surface area (Å²) < 4.78 is 17.3. The number of carbonyl (C=O) groups is 1. The van der Waals surface area contributed by atoms with Crippen LogP contribution in [0.5, 0.6) is 0 Å². The minimum atomic E-state index is -0.814. The summed E-state index contributed by atoms with van der Waals surface area (Å²) in [6.07, 6.45) is 4.53. The molecule has 7 nitrogen and oxygen atoms in total. The van der Waals surface area contributed by atoms with E-state index >= 15 is 0 Å². The predicted octanol–water partition coefficient (Wildman–Crippen LogP) is 2.18. The molecular weight excluding hydrogens is 416 g/mol. The van der Waals surface area contributed by atoms with Crippen molar-refractivity contribution in [1.82, 2.24) is 0 Å². The highest BCUT2D eigenvalue weighted by Gasteiger charge is 2.61. The quantitative estimate of drug-likeness (QED) is 0.223. The normalized spacial score (nSPS) is 38.5. The number of hydrogen-bond acceptors (Lipinski definition) is 9. The topological polar surface area (TPSA) is 109 Å². The fraction of sp³-hybridized carbons (Fsp3) is 0.850. The molecule has 0 aromatic carbocycles. The van der Waals surface area contributed by atoms with Crippen LogP contribution >= 0.6 is 23.5 Å². The number of fused-ring (bicyclic) bond motifs is 3. The van der Waals surface area contributed by atoms with E-state index in [1.807, 2.05) is 0 Å².